The molecule has 1 aliphatic rings. The highest BCUT2D eigenvalue weighted by atomic mass is 35.5. The monoisotopic (exact) mass is 347 g/mol. The fourth-order valence-corrected chi connectivity index (χ4v) is 2.58. The van der Waals surface area contributed by atoms with Crippen molar-refractivity contribution in [3.05, 3.63) is 70.0 Å². The molecular weight excluding hydrogens is 337 g/mol. The van der Waals surface area contributed by atoms with Gasteiger partial charge in [-0.3, -0.25) is 14.5 Å². The van der Waals surface area contributed by atoms with E-state index in [2.05, 4.69) is 0 Å². The number of ether oxygens (including phenoxy) is 1. The Labute approximate surface area is 141 Å². The second-order valence-corrected chi connectivity index (χ2v) is 5.50. The number of carbonyl (C=O) groups excluding carboxylic acids is 3. The standard InChI is InChI=1S/C17H11ClFNO4/c18-10-5-6-14(19)13(9-10)17(23)24-8-7-20-15(21)11-3-1-2-4-12(11)16(20)22/h1-6,9H,7-8H2. The van der Waals surface area contributed by atoms with Gasteiger partial charge in [-0.2, -0.15) is 0 Å². The third kappa shape index (κ3) is 2.88. The van der Waals surface area contributed by atoms with Crippen LogP contribution in [0.1, 0.15) is 31.1 Å². The summed E-state index contributed by atoms with van der Waals surface area (Å²) in [4.78, 5) is 37.1. The van der Waals surface area contributed by atoms with Crippen LogP contribution in [-0.4, -0.2) is 35.8 Å². The summed E-state index contributed by atoms with van der Waals surface area (Å²) in [6.07, 6.45) is 0. The Morgan fingerprint density at radius 3 is 2.33 bits per heavy atom. The van der Waals surface area contributed by atoms with Gasteiger partial charge >= 0.3 is 5.97 Å². The van der Waals surface area contributed by atoms with Gasteiger partial charge in [-0.25, -0.2) is 9.18 Å². The molecule has 0 bridgehead atoms. The predicted molar refractivity (Wildman–Crippen MR) is 83.5 cm³/mol. The van der Waals surface area contributed by atoms with Crippen molar-refractivity contribution in [3.63, 3.8) is 0 Å². The molecule has 0 saturated heterocycles. The number of imide groups is 1. The summed E-state index contributed by atoms with van der Waals surface area (Å²) >= 11 is 5.72. The van der Waals surface area contributed by atoms with E-state index in [0.29, 0.717) is 11.1 Å². The third-order valence-electron chi connectivity index (χ3n) is 3.57. The van der Waals surface area contributed by atoms with Crippen molar-refractivity contribution in [1.82, 2.24) is 4.90 Å². The number of fused-ring (bicyclic) bond motifs is 1. The van der Waals surface area contributed by atoms with E-state index in [1.54, 1.807) is 24.3 Å². The molecule has 0 aromatic heterocycles. The van der Waals surface area contributed by atoms with E-state index in [0.717, 1.165) is 17.0 Å². The van der Waals surface area contributed by atoms with Gasteiger partial charge in [0.1, 0.15) is 12.4 Å². The maximum Gasteiger partial charge on any atom is 0.341 e. The summed E-state index contributed by atoms with van der Waals surface area (Å²) in [6.45, 7) is -0.351. The first-order valence-corrected chi connectivity index (χ1v) is 7.44. The molecule has 1 heterocycles. The minimum atomic E-state index is -0.911. The maximum atomic E-state index is 13.6. The quantitative estimate of drug-likeness (QED) is 0.630. The van der Waals surface area contributed by atoms with Crippen LogP contribution in [0, 0.1) is 5.82 Å². The number of rotatable bonds is 4. The van der Waals surface area contributed by atoms with Gasteiger partial charge in [0.2, 0.25) is 0 Å². The van der Waals surface area contributed by atoms with E-state index < -0.39 is 23.6 Å². The summed E-state index contributed by atoms with van der Waals surface area (Å²) < 4.78 is 18.5. The number of hydrogen-bond acceptors (Lipinski definition) is 4. The number of amides is 2. The second-order valence-electron chi connectivity index (χ2n) is 5.07. The largest absolute Gasteiger partial charge is 0.460 e. The SMILES string of the molecule is O=C(OCCN1C(=O)c2ccccc2C1=O)c1cc(Cl)ccc1F. The minimum Gasteiger partial charge on any atom is -0.460 e. The fraction of sp³-hybridized carbons (Fsp3) is 0.118. The first kappa shape index (κ1) is 16.1. The first-order chi connectivity index (χ1) is 11.5. The molecule has 0 saturated carbocycles. The molecule has 0 atom stereocenters. The number of hydrogen-bond donors (Lipinski definition) is 0. The van der Waals surface area contributed by atoms with E-state index in [1.807, 2.05) is 0 Å². The van der Waals surface area contributed by atoms with Crippen molar-refractivity contribution in [2.24, 2.45) is 0 Å². The third-order valence-corrected chi connectivity index (χ3v) is 3.81. The molecule has 0 spiro atoms. The molecule has 0 aliphatic carbocycles. The lowest BCUT2D eigenvalue weighted by Gasteiger charge is -2.14. The van der Waals surface area contributed by atoms with E-state index in [1.165, 1.54) is 6.07 Å². The Morgan fingerprint density at radius 2 is 1.71 bits per heavy atom. The highest BCUT2D eigenvalue weighted by Crippen LogP contribution is 2.22. The minimum absolute atomic E-state index is 0.111. The lowest BCUT2D eigenvalue weighted by molar-refractivity contribution is 0.0416. The number of benzene rings is 2. The number of carbonyl (C=O) groups is 3. The van der Waals surface area contributed by atoms with Crippen LogP contribution in [0.15, 0.2) is 42.5 Å². The van der Waals surface area contributed by atoms with Crippen LogP contribution in [0.3, 0.4) is 0 Å². The topological polar surface area (TPSA) is 63.7 Å². The van der Waals surface area contributed by atoms with Gasteiger partial charge in [-0.05, 0) is 30.3 Å². The molecule has 5 nitrogen and oxygen atoms in total. The Bertz CT molecular complexity index is 817. The van der Waals surface area contributed by atoms with Crippen LogP contribution >= 0.6 is 11.6 Å². The number of esters is 1. The summed E-state index contributed by atoms with van der Waals surface area (Å²) in [5.41, 5.74) is 0.328. The van der Waals surface area contributed by atoms with Gasteiger partial charge in [-0.15, -0.1) is 0 Å². The molecule has 24 heavy (non-hydrogen) atoms. The number of halogens is 2. The predicted octanol–water partition coefficient (Wildman–Crippen LogP) is 2.93. The van der Waals surface area contributed by atoms with E-state index in [9.17, 15) is 18.8 Å². The molecule has 3 rings (SSSR count). The van der Waals surface area contributed by atoms with Crippen molar-refractivity contribution in [2.45, 2.75) is 0 Å². The molecule has 2 aromatic carbocycles. The van der Waals surface area contributed by atoms with Crippen LogP contribution in [0.2, 0.25) is 5.02 Å². The van der Waals surface area contributed by atoms with Crippen molar-refractivity contribution >= 4 is 29.4 Å². The van der Waals surface area contributed by atoms with E-state index in [-0.39, 0.29) is 23.7 Å². The second kappa shape index (κ2) is 6.41. The van der Waals surface area contributed by atoms with Gasteiger partial charge in [0.25, 0.3) is 11.8 Å². The van der Waals surface area contributed by atoms with Crippen molar-refractivity contribution in [3.8, 4) is 0 Å². The fourth-order valence-electron chi connectivity index (χ4n) is 2.40. The van der Waals surface area contributed by atoms with Crippen LogP contribution in [0.5, 0.6) is 0 Å². The van der Waals surface area contributed by atoms with Gasteiger partial charge in [0.15, 0.2) is 0 Å². The van der Waals surface area contributed by atoms with Gasteiger partial charge in [-0.1, -0.05) is 23.7 Å². The Balaban J connectivity index is 1.63. The lowest BCUT2D eigenvalue weighted by atomic mass is 10.1. The normalized spacial score (nSPS) is 13.2. The summed E-state index contributed by atoms with van der Waals surface area (Å²) in [7, 11) is 0. The molecular formula is C17H11ClFNO4. The Morgan fingerprint density at radius 1 is 1.08 bits per heavy atom. The van der Waals surface area contributed by atoms with Crippen LogP contribution < -0.4 is 0 Å². The highest BCUT2D eigenvalue weighted by molar-refractivity contribution is 6.30. The molecule has 7 heteroatoms. The molecule has 0 N–H and O–H groups in total. The molecule has 0 unspecified atom stereocenters. The zero-order valence-electron chi connectivity index (χ0n) is 12.3. The number of nitrogens with zero attached hydrogens (tertiary/aromatic N) is 1. The van der Waals surface area contributed by atoms with Gasteiger partial charge < -0.3 is 4.74 Å². The maximum absolute atomic E-state index is 13.6. The van der Waals surface area contributed by atoms with Crippen molar-refractivity contribution in [2.75, 3.05) is 13.2 Å². The Kier molecular flexibility index (Phi) is 4.31. The van der Waals surface area contributed by atoms with E-state index >= 15 is 0 Å². The zero-order chi connectivity index (χ0) is 17.3. The van der Waals surface area contributed by atoms with Crippen molar-refractivity contribution in [1.29, 1.82) is 0 Å². The summed E-state index contributed by atoms with van der Waals surface area (Å²) in [5.74, 6) is -2.56. The Hall–Kier alpha value is -2.73. The summed E-state index contributed by atoms with van der Waals surface area (Å²) in [5, 5.41) is 0.198. The average molecular weight is 348 g/mol. The molecule has 1 aliphatic heterocycles. The average Bonchev–Trinajstić information content (AvgIpc) is 2.82. The van der Waals surface area contributed by atoms with Crippen LogP contribution in [0.25, 0.3) is 0 Å². The zero-order valence-corrected chi connectivity index (χ0v) is 13.0. The lowest BCUT2D eigenvalue weighted by Crippen LogP contribution is -2.33. The van der Waals surface area contributed by atoms with E-state index in [4.69, 9.17) is 16.3 Å². The van der Waals surface area contributed by atoms with Crippen LogP contribution in [0.4, 0.5) is 4.39 Å². The highest BCUT2D eigenvalue weighted by Gasteiger charge is 2.34. The molecule has 2 aromatic rings. The van der Waals surface area contributed by atoms with Gasteiger partial charge in [0.05, 0.1) is 23.2 Å². The molecule has 0 radical (unpaired) electrons. The molecule has 122 valence electrons. The van der Waals surface area contributed by atoms with Gasteiger partial charge in [0, 0.05) is 5.02 Å². The van der Waals surface area contributed by atoms with Crippen molar-refractivity contribution < 1.29 is 23.5 Å². The van der Waals surface area contributed by atoms with Crippen LogP contribution in [-0.2, 0) is 4.74 Å². The first-order valence-electron chi connectivity index (χ1n) is 7.06. The molecule has 2 amide bonds. The summed E-state index contributed by atoms with van der Waals surface area (Å²) in [6, 6.07) is 9.97. The smallest absolute Gasteiger partial charge is 0.341 e. The molecule has 0 fully saturated rings.